The standard InChI is InChI=1S/C14H20Br2N2/c1-10-9-18(2)6-5-14(10)17-8-11-3-4-12(15)13(16)7-11/h3-4,7,10,14,17H,5-6,8-9H2,1-2H3. The van der Waals surface area contributed by atoms with E-state index in [1.807, 2.05) is 0 Å². The number of likely N-dealkylation sites (tertiary alicyclic amines) is 1. The Morgan fingerprint density at radius 1 is 1.33 bits per heavy atom. The van der Waals surface area contributed by atoms with Gasteiger partial charge in [-0.15, -0.1) is 0 Å². The minimum atomic E-state index is 0.642. The van der Waals surface area contributed by atoms with Gasteiger partial charge in [0.2, 0.25) is 0 Å². The van der Waals surface area contributed by atoms with Crippen LogP contribution in [0.25, 0.3) is 0 Å². The van der Waals surface area contributed by atoms with Gasteiger partial charge in [0, 0.05) is 28.1 Å². The van der Waals surface area contributed by atoms with Crippen LogP contribution < -0.4 is 5.32 Å². The van der Waals surface area contributed by atoms with Crippen molar-refractivity contribution in [2.24, 2.45) is 5.92 Å². The van der Waals surface area contributed by atoms with E-state index in [4.69, 9.17) is 0 Å². The minimum Gasteiger partial charge on any atom is -0.310 e. The molecule has 2 atom stereocenters. The highest BCUT2D eigenvalue weighted by Crippen LogP contribution is 2.24. The third kappa shape index (κ3) is 3.80. The largest absolute Gasteiger partial charge is 0.310 e. The normalized spacial score (nSPS) is 25.3. The molecule has 1 aliphatic rings. The van der Waals surface area contributed by atoms with Crippen LogP contribution in [0.5, 0.6) is 0 Å². The highest BCUT2D eigenvalue weighted by Gasteiger charge is 2.23. The first-order valence-electron chi connectivity index (χ1n) is 6.42. The van der Waals surface area contributed by atoms with Crippen molar-refractivity contribution in [3.8, 4) is 0 Å². The zero-order valence-corrected chi connectivity index (χ0v) is 14.1. The molecule has 1 aromatic carbocycles. The van der Waals surface area contributed by atoms with E-state index in [0.29, 0.717) is 6.04 Å². The quantitative estimate of drug-likeness (QED) is 0.867. The number of nitrogens with zero attached hydrogens (tertiary/aromatic N) is 1. The van der Waals surface area contributed by atoms with E-state index in [-0.39, 0.29) is 0 Å². The highest BCUT2D eigenvalue weighted by molar-refractivity contribution is 9.13. The second kappa shape index (κ2) is 6.51. The number of benzene rings is 1. The van der Waals surface area contributed by atoms with Crippen molar-refractivity contribution < 1.29 is 0 Å². The molecule has 100 valence electrons. The van der Waals surface area contributed by atoms with Gasteiger partial charge in [0.05, 0.1) is 0 Å². The molecule has 0 spiro atoms. The Morgan fingerprint density at radius 3 is 2.78 bits per heavy atom. The molecule has 0 bridgehead atoms. The molecule has 1 aliphatic heterocycles. The molecular weight excluding hydrogens is 356 g/mol. The fraction of sp³-hybridized carbons (Fsp3) is 0.571. The Morgan fingerprint density at radius 2 is 2.11 bits per heavy atom. The maximum atomic E-state index is 3.69. The van der Waals surface area contributed by atoms with Gasteiger partial charge in [0.25, 0.3) is 0 Å². The first-order valence-corrected chi connectivity index (χ1v) is 8.00. The van der Waals surface area contributed by atoms with Crippen molar-refractivity contribution >= 4 is 31.9 Å². The topological polar surface area (TPSA) is 15.3 Å². The molecule has 1 saturated heterocycles. The molecule has 1 aromatic rings. The molecule has 2 rings (SSSR count). The predicted octanol–water partition coefficient (Wildman–Crippen LogP) is 3.64. The van der Waals surface area contributed by atoms with Crippen LogP contribution >= 0.6 is 31.9 Å². The number of hydrogen-bond acceptors (Lipinski definition) is 2. The summed E-state index contributed by atoms with van der Waals surface area (Å²) < 4.78 is 2.23. The summed E-state index contributed by atoms with van der Waals surface area (Å²) in [7, 11) is 2.21. The molecule has 2 unspecified atom stereocenters. The second-order valence-corrected chi connectivity index (χ2v) is 6.97. The van der Waals surface area contributed by atoms with Gasteiger partial charge in [-0.3, -0.25) is 0 Å². The number of piperidine rings is 1. The summed E-state index contributed by atoms with van der Waals surface area (Å²) in [6.07, 6.45) is 1.25. The first-order chi connectivity index (χ1) is 8.56. The highest BCUT2D eigenvalue weighted by atomic mass is 79.9. The van der Waals surface area contributed by atoms with Gasteiger partial charge < -0.3 is 10.2 Å². The zero-order chi connectivity index (χ0) is 13.1. The van der Waals surface area contributed by atoms with Gasteiger partial charge in [0.15, 0.2) is 0 Å². The van der Waals surface area contributed by atoms with Gasteiger partial charge in [0.1, 0.15) is 0 Å². The average Bonchev–Trinajstić information content (AvgIpc) is 2.32. The van der Waals surface area contributed by atoms with E-state index < -0.39 is 0 Å². The summed E-state index contributed by atoms with van der Waals surface area (Å²) in [6, 6.07) is 7.08. The van der Waals surface area contributed by atoms with Crippen LogP contribution in [0.2, 0.25) is 0 Å². The Bertz CT molecular complexity index is 409. The molecular formula is C14H20Br2N2. The van der Waals surface area contributed by atoms with E-state index in [1.54, 1.807) is 0 Å². The Kier molecular flexibility index (Phi) is 5.24. The van der Waals surface area contributed by atoms with Crippen LogP contribution in [0, 0.1) is 5.92 Å². The van der Waals surface area contributed by atoms with Crippen LogP contribution in [0.1, 0.15) is 18.9 Å². The fourth-order valence-electron chi connectivity index (χ4n) is 2.56. The summed E-state index contributed by atoms with van der Waals surface area (Å²) in [6.45, 7) is 5.68. The summed E-state index contributed by atoms with van der Waals surface area (Å²) >= 11 is 7.05. The molecule has 4 heteroatoms. The number of nitrogens with one attached hydrogen (secondary N) is 1. The van der Waals surface area contributed by atoms with Gasteiger partial charge in [-0.25, -0.2) is 0 Å². The molecule has 18 heavy (non-hydrogen) atoms. The van der Waals surface area contributed by atoms with Crippen LogP contribution in [-0.4, -0.2) is 31.1 Å². The summed E-state index contributed by atoms with van der Waals surface area (Å²) in [5.41, 5.74) is 1.33. The number of halogens is 2. The molecule has 0 radical (unpaired) electrons. The van der Waals surface area contributed by atoms with E-state index in [2.05, 4.69) is 74.2 Å². The Balaban J connectivity index is 1.89. The predicted molar refractivity (Wildman–Crippen MR) is 83.7 cm³/mol. The zero-order valence-electron chi connectivity index (χ0n) is 10.9. The summed E-state index contributed by atoms with van der Waals surface area (Å²) in [5, 5.41) is 3.69. The second-order valence-electron chi connectivity index (χ2n) is 5.26. The van der Waals surface area contributed by atoms with Gasteiger partial charge in [-0.2, -0.15) is 0 Å². The summed E-state index contributed by atoms with van der Waals surface area (Å²) in [5.74, 6) is 0.725. The van der Waals surface area contributed by atoms with E-state index in [0.717, 1.165) is 21.4 Å². The molecule has 0 aromatic heterocycles. The minimum absolute atomic E-state index is 0.642. The lowest BCUT2D eigenvalue weighted by molar-refractivity contribution is 0.174. The molecule has 2 nitrogen and oxygen atoms in total. The monoisotopic (exact) mass is 374 g/mol. The molecule has 0 aliphatic carbocycles. The van der Waals surface area contributed by atoms with Gasteiger partial charge in [-0.05, 0) is 75.5 Å². The average molecular weight is 376 g/mol. The lowest BCUT2D eigenvalue weighted by Crippen LogP contribution is -2.46. The van der Waals surface area contributed by atoms with Crippen LogP contribution in [-0.2, 0) is 6.54 Å². The SMILES string of the molecule is CC1CN(C)CCC1NCc1ccc(Br)c(Br)c1. The van der Waals surface area contributed by atoms with E-state index >= 15 is 0 Å². The molecule has 1 heterocycles. The third-order valence-electron chi connectivity index (χ3n) is 3.66. The smallest absolute Gasteiger partial charge is 0.0320 e. The van der Waals surface area contributed by atoms with Crippen molar-refractivity contribution in [1.82, 2.24) is 10.2 Å². The van der Waals surface area contributed by atoms with Gasteiger partial charge >= 0.3 is 0 Å². The van der Waals surface area contributed by atoms with Crippen molar-refractivity contribution in [2.45, 2.75) is 25.9 Å². The van der Waals surface area contributed by atoms with E-state index in [1.165, 1.54) is 25.1 Å². The molecule has 1 N–H and O–H groups in total. The maximum Gasteiger partial charge on any atom is 0.0320 e. The van der Waals surface area contributed by atoms with Crippen LogP contribution in [0.15, 0.2) is 27.1 Å². The van der Waals surface area contributed by atoms with Crippen LogP contribution in [0.3, 0.4) is 0 Å². The van der Waals surface area contributed by atoms with Crippen molar-refractivity contribution in [2.75, 3.05) is 20.1 Å². The van der Waals surface area contributed by atoms with E-state index in [9.17, 15) is 0 Å². The lowest BCUT2D eigenvalue weighted by Gasteiger charge is -2.35. The maximum absolute atomic E-state index is 3.69. The van der Waals surface area contributed by atoms with Crippen molar-refractivity contribution in [3.05, 3.63) is 32.7 Å². The number of rotatable bonds is 3. The molecule has 1 fully saturated rings. The van der Waals surface area contributed by atoms with Crippen LogP contribution in [0.4, 0.5) is 0 Å². The van der Waals surface area contributed by atoms with Crippen molar-refractivity contribution in [1.29, 1.82) is 0 Å². The number of hydrogen-bond donors (Lipinski definition) is 1. The Hall–Kier alpha value is 0.1000. The summed E-state index contributed by atoms with van der Waals surface area (Å²) in [4.78, 5) is 2.42. The fourth-order valence-corrected chi connectivity index (χ4v) is 3.23. The molecule has 0 amide bonds. The van der Waals surface area contributed by atoms with Gasteiger partial charge in [-0.1, -0.05) is 13.0 Å². The third-order valence-corrected chi connectivity index (χ3v) is 5.54. The lowest BCUT2D eigenvalue weighted by atomic mass is 9.94. The Labute approximate surface area is 126 Å². The first kappa shape index (κ1) is 14.5. The van der Waals surface area contributed by atoms with Crippen molar-refractivity contribution in [3.63, 3.8) is 0 Å². The molecule has 0 saturated carbocycles.